The van der Waals surface area contributed by atoms with Crippen molar-refractivity contribution in [2.75, 3.05) is 24.6 Å². The fourth-order valence-corrected chi connectivity index (χ4v) is 4.49. The zero-order chi connectivity index (χ0) is 13.5. The third-order valence-corrected chi connectivity index (χ3v) is 5.73. The van der Waals surface area contributed by atoms with Gasteiger partial charge in [0.05, 0.1) is 6.54 Å². The number of rotatable bonds is 3. The smallest absolute Gasteiger partial charge is 0.248 e. The molecule has 106 valence electrons. The molecule has 2 saturated heterocycles. The number of hydrogen-bond donors (Lipinski definition) is 1. The SMILES string of the molecule is CC1(C2CC2)NC(=O)CN(CC2CCSCC2)C1=O. The number of hydrogen-bond acceptors (Lipinski definition) is 3. The minimum atomic E-state index is -0.626. The molecule has 19 heavy (non-hydrogen) atoms. The van der Waals surface area contributed by atoms with Crippen LogP contribution in [0.4, 0.5) is 0 Å². The normalized spacial score (nSPS) is 33.4. The lowest BCUT2D eigenvalue weighted by molar-refractivity contribution is -0.150. The van der Waals surface area contributed by atoms with Gasteiger partial charge in [0.25, 0.3) is 0 Å². The lowest BCUT2D eigenvalue weighted by atomic mass is 9.90. The summed E-state index contributed by atoms with van der Waals surface area (Å²) in [6.07, 6.45) is 4.49. The number of nitrogens with one attached hydrogen (secondary N) is 1. The van der Waals surface area contributed by atoms with Crippen LogP contribution in [0.15, 0.2) is 0 Å². The first kappa shape index (κ1) is 13.3. The largest absolute Gasteiger partial charge is 0.340 e. The van der Waals surface area contributed by atoms with Crippen LogP contribution in [-0.4, -0.2) is 46.8 Å². The molecule has 0 aromatic heterocycles. The highest BCUT2D eigenvalue weighted by atomic mass is 32.2. The molecule has 3 aliphatic rings. The summed E-state index contributed by atoms with van der Waals surface area (Å²) in [7, 11) is 0. The lowest BCUT2D eigenvalue weighted by Gasteiger charge is -2.41. The Balaban J connectivity index is 1.69. The highest BCUT2D eigenvalue weighted by molar-refractivity contribution is 7.99. The average Bonchev–Trinajstić information content (AvgIpc) is 3.21. The van der Waals surface area contributed by atoms with Gasteiger partial charge in [0.1, 0.15) is 5.54 Å². The number of piperazine rings is 1. The first-order valence-electron chi connectivity index (χ1n) is 7.28. The van der Waals surface area contributed by atoms with Gasteiger partial charge in [0.2, 0.25) is 11.8 Å². The maximum absolute atomic E-state index is 12.7. The highest BCUT2D eigenvalue weighted by Crippen LogP contribution is 2.41. The summed E-state index contributed by atoms with van der Waals surface area (Å²) in [5, 5.41) is 2.94. The van der Waals surface area contributed by atoms with Crippen LogP contribution in [-0.2, 0) is 9.59 Å². The highest BCUT2D eigenvalue weighted by Gasteiger charge is 2.52. The summed E-state index contributed by atoms with van der Waals surface area (Å²) in [6, 6.07) is 0. The molecule has 1 unspecified atom stereocenters. The van der Waals surface area contributed by atoms with Gasteiger partial charge in [-0.3, -0.25) is 9.59 Å². The first-order chi connectivity index (χ1) is 9.09. The Morgan fingerprint density at radius 1 is 1.26 bits per heavy atom. The van der Waals surface area contributed by atoms with Gasteiger partial charge in [0, 0.05) is 6.54 Å². The Hall–Kier alpha value is -0.710. The van der Waals surface area contributed by atoms with E-state index in [1.54, 1.807) is 0 Å². The zero-order valence-electron chi connectivity index (χ0n) is 11.5. The molecule has 0 bridgehead atoms. The Morgan fingerprint density at radius 3 is 2.58 bits per heavy atom. The molecule has 5 heteroatoms. The molecular weight excluding hydrogens is 260 g/mol. The van der Waals surface area contributed by atoms with Crippen molar-refractivity contribution in [3.63, 3.8) is 0 Å². The molecule has 0 spiro atoms. The van der Waals surface area contributed by atoms with Crippen LogP contribution in [0.25, 0.3) is 0 Å². The van der Waals surface area contributed by atoms with Gasteiger partial charge >= 0.3 is 0 Å². The minimum absolute atomic E-state index is 0.0131. The monoisotopic (exact) mass is 282 g/mol. The Kier molecular flexibility index (Phi) is 3.50. The van der Waals surface area contributed by atoms with E-state index in [-0.39, 0.29) is 18.4 Å². The van der Waals surface area contributed by atoms with E-state index in [9.17, 15) is 9.59 Å². The second-order valence-electron chi connectivity index (χ2n) is 6.27. The number of nitrogens with zero attached hydrogens (tertiary/aromatic N) is 1. The molecule has 0 aromatic rings. The van der Waals surface area contributed by atoms with Crippen molar-refractivity contribution >= 4 is 23.6 Å². The zero-order valence-corrected chi connectivity index (χ0v) is 12.3. The third-order valence-electron chi connectivity index (χ3n) is 4.68. The number of carbonyl (C=O) groups is 2. The van der Waals surface area contributed by atoms with Gasteiger partial charge in [-0.15, -0.1) is 0 Å². The summed E-state index contributed by atoms with van der Waals surface area (Å²) < 4.78 is 0. The van der Waals surface area contributed by atoms with Crippen LogP contribution in [0, 0.1) is 11.8 Å². The summed E-state index contributed by atoms with van der Waals surface area (Å²) in [5.74, 6) is 3.48. The molecular formula is C14H22N2O2S. The lowest BCUT2D eigenvalue weighted by Crippen LogP contribution is -2.66. The van der Waals surface area contributed by atoms with Crippen molar-refractivity contribution < 1.29 is 9.59 Å². The van der Waals surface area contributed by atoms with E-state index in [1.165, 1.54) is 24.3 Å². The van der Waals surface area contributed by atoms with E-state index in [2.05, 4.69) is 5.32 Å². The predicted molar refractivity (Wildman–Crippen MR) is 75.9 cm³/mol. The van der Waals surface area contributed by atoms with Crippen LogP contribution in [0.2, 0.25) is 0 Å². The van der Waals surface area contributed by atoms with E-state index < -0.39 is 5.54 Å². The molecule has 4 nitrogen and oxygen atoms in total. The van der Waals surface area contributed by atoms with Crippen LogP contribution < -0.4 is 5.32 Å². The van der Waals surface area contributed by atoms with E-state index in [4.69, 9.17) is 0 Å². The fourth-order valence-electron chi connectivity index (χ4n) is 3.28. The average molecular weight is 282 g/mol. The van der Waals surface area contributed by atoms with E-state index in [1.807, 2.05) is 23.6 Å². The molecule has 1 saturated carbocycles. The predicted octanol–water partition coefficient (Wildman–Crippen LogP) is 1.26. The fraction of sp³-hybridized carbons (Fsp3) is 0.857. The molecule has 2 heterocycles. The van der Waals surface area contributed by atoms with Crippen LogP contribution in [0.3, 0.4) is 0 Å². The van der Waals surface area contributed by atoms with Gasteiger partial charge in [-0.05, 0) is 55.9 Å². The molecule has 1 atom stereocenters. The minimum Gasteiger partial charge on any atom is -0.340 e. The van der Waals surface area contributed by atoms with E-state index >= 15 is 0 Å². The molecule has 2 amide bonds. The molecule has 0 aromatic carbocycles. The molecule has 1 N–H and O–H groups in total. The number of thioether (sulfide) groups is 1. The molecule has 3 fully saturated rings. The summed E-state index contributed by atoms with van der Waals surface area (Å²) in [5.41, 5.74) is -0.626. The molecule has 3 rings (SSSR count). The summed E-state index contributed by atoms with van der Waals surface area (Å²) in [4.78, 5) is 26.4. The van der Waals surface area contributed by atoms with Crippen molar-refractivity contribution in [1.82, 2.24) is 10.2 Å². The topological polar surface area (TPSA) is 49.4 Å². The van der Waals surface area contributed by atoms with E-state index in [0.29, 0.717) is 11.8 Å². The molecule has 0 radical (unpaired) electrons. The number of amides is 2. The van der Waals surface area contributed by atoms with Gasteiger partial charge in [-0.25, -0.2) is 0 Å². The van der Waals surface area contributed by atoms with Gasteiger partial charge < -0.3 is 10.2 Å². The van der Waals surface area contributed by atoms with Crippen molar-refractivity contribution in [3.05, 3.63) is 0 Å². The molecule has 1 aliphatic carbocycles. The van der Waals surface area contributed by atoms with Crippen LogP contribution in [0.1, 0.15) is 32.6 Å². The van der Waals surface area contributed by atoms with Crippen molar-refractivity contribution in [3.8, 4) is 0 Å². The van der Waals surface area contributed by atoms with Crippen molar-refractivity contribution in [2.24, 2.45) is 11.8 Å². The van der Waals surface area contributed by atoms with Crippen molar-refractivity contribution in [2.45, 2.75) is 38.1 Å². The maximum atomic E-state index is 12.7. The maximum Gasteiger partial charge on any atom is 0.248 e. The van der Waals surface area contributed by atoms with Gasteiger partial charge in [-0.1, -0.05) is 0 Å². The van der Waals surface area contributed by atoms with E-state index in [0.717, 1.165) is 19.4 Å². The summed E-state index contributed by atoms with van der Waals surface area (Å²) >= 11 is 1.99. The molecule has 2 aliphatic heterocycles. The van der Waals surface area contributed by atoms with Crippen LogP contribution in [0.5, 0.6) is 0 Å². The Labute approximate surface area is 118 Å². The Morgan fingerprint density at radius 2 is 1.95 bits per heavy atom. The van der Waals surface area contributed by atoms with Crippen molar-refractivity contribution in [1.29, 1.82) is 0 Å². The van der Waals surface area contributed by atoms with Crippen LogP contribution >= 0.6 is 11.8 Å². The standard InChI is InChI=1S/C14H22N2O2S/c1-14(11-2-3-11)13(18)16(9-12(17)15-14)8-10-4-6-19-7-5-10/h10-11H,2-9H2,1H3,(H,15,17). The first-order valence-corrected chi connectivity index (χ1v) is 8.43. The second kappa shape index (κ2) is 5.00. The number of carbonyl (C=O) groups excluding carboxylic acids is 2. The quantitative estimate of drug-likeness (QED) is 0.848. The second-order valence-corrected chi connectivity index (χ2v) is 7.49. The summed E-state index contributed by atoms with van der Waals surface area (Å²) in [6.45, 7) is 2.94. The third kappa shape index (κ3) is 2.62. The Bertz CT molecular complexity index is 391. The van der Waals surface area contributed by atoms with Gasteiger partial charge in [0.15, 0.2) is 0 Å². The van der Waals surface area contributed by atoms with Gasteiger partial charge in [-0.2, -0.15) is 11.8 Å².